The number of carboxylic acids is 1. The summed E-state index contributed by atoms with van der Waals surface area (Å²) in [5, 5.41) is 22.3. The van der Waals surface area contributed by atoms with Crippen LogP contribution in [0.4, 0.5) is 0 Å². The lowest BCUT2D eigenvalue weighted by molar-refractivity contribution is -0.143. The molecule has 6 heteroatoms. The summed E-state index contributed by atoms with van der Waals surface area (Å²) < 4.78 is 0. The molecule has 2 unspecified atom stereocenters. The van der Waals surface area contributed by atoms with E-state index in [0.29, 0.717) is 5.02 Å². The standard InChI is InChI=1S/C36H38ClNO3S/c1-23(34(39)40)36(19-20-36)33(42)30(18-14-25-8-4-5-10-31(25)35(2,3)41)27-9-6-7-24(21-27)11-16-29-17-13-26-12-15-28(37)22-32(26)38-29/h4-13,15-17,21-23,30,33,41-42H,14,18-20H2,1-3H3,(H,39,40)/b16-11+/t23?,30-,33?/m1/s1. The Morgan fingerprint density at radius 1 is 1.05 bits per heavy atom. The van der Waals surface area contributed by atoms with Gasteiger partial charge in [0.2, 0.25) is 0 Å². The molecular formula is C36H38ClNO3S. The van der Waals surface area contributed by atoms with Crippen LogP contribution in [0.1, 0.15) is 73.9 Å². The molecule has 0 bridgehead atoms. The Morgan fingerprint density at radius 3 is 2.50 bits per heavy atom. The number of benzene rings is 3. The van der Waals surface area contributed by atoms with Crippen molar-refractivity contribution in [2.45, 2.75) is 63.2 Å². The molecule has 3 aromatic carbocycles. The fourth-order valence-corrected chi connectivity index (χ4v) is 7.17. The predicted octanol–water partition coefficient (Wildman–Crippen LogP) is 8.80. The lowest BCUT2D eigenvalue weighted by Crippen LogP contribution is -2.34. The molecule has 3 atom stereocenters. The third-order valence-electron chi connectivity index (χ3n) is 8.89. The Balaban J connectivity index is 1.45. The number of pyridine rings is 1. The van der Waals surface area contributed by atoms with Crippen molar-refractivity contribution in [3.05, 3.63) is 112 Å². The van der Waals surface area contributed by atoms with Gasteiger partial charge in [-0.2, -0.15) is 12.6 Å². The van der Waals surface area contributed by atoms with Gasteiger partial charge < -0.3 is 10.2 Å². The second-order valence-corrected chi connectivity index (χ2v) is 13.2. The molecule has 1 aliphatic rings. The van der Waals surface area contributed by atoms with Gasteiger partial charge in [-0.3, -0.25) is 4.79 Å². The largest absolute Gasteiger partial charge is 0.481 e. The lowest BCUT2D eigenvalue weighted by atomic mass is 9.76. The molecule has 218 valence electrons. The molecule has 1 heterocycles. The van der Waals surface area contributed by atoms with E-state index < -0.39 is 17.5 Å². The first kappa shape index (κ1) is 30.3. The minimum atomic E-state index is -0.950. The van der Waals surface area contributed by atoms with Crippen LogP contribution < -0.4 is 0 Å². The number of halogens is 1. The van der Waals surface area contributed by atoms with E-state index in [4.69, 9.17) is 29.2 Å². The van der Waals surface area contributed by atoms with Crippen LogP contribution in [0.2, 0.25) is 5.02 Å². The van der Waals surface area contributed by atoms with Crippen LogP contribution in [0.3, 0.4) is 0 Å². The van der Waals surface area contributed by atoms with Gasteiger partial charge in [0.1, 0.15) is 0 Å². The molecular weight excluding hydrogens is 562 g/mol. The quantitative estimate of drug-likeness (QED) is 0.151. The molecule has 4 aromatic rings. The van der Waals surface area contributed by atoms with E-state index >= 15 is 0 Å². The number of carbonyl (C=O) groups is 1. The van der Waals surface area contributed by atoms with Gasteiger partial charge in [-0.25, -0.2) is 4.98 Å². The third-order valence-corrected chi connectivity index (χ3v) is 10.0. The van der Waals surface area contributed by atoms with Crippen LogP contribution in [-0.2, 0) is 16.8 Å². The van der Waals surface area contributed by atoms with E-state index in [-0.39, 0.29) is 16.6 Å². The van der Waals surface area contributed by atoms with Gasteiger partial charge in [0.05, 0.1) is 22.7 Å². The van der Waals surface area contributed by atoms with Gasteiger partial charge in [-0.1, -0.05) is 85.3 Å². The first-order valence-corrected chi connectivity index (χ1v) is 15.4. The van der Waals surface area contributed by atoms with E-state index in [9.17, 15) is 15.0 Å². The minimum absolute atomic E-state index is 0.0294. The number of aliphatic carboxylic acids is 1. The number of thiol groups is 1. The van der Waals surface area contributed by atoms with Crippen molar-refractivity contribution < 1.29 is 15.0 Å². The Labute approximate surface area is 258 Å². The van der Waals surface area contributed by atoms with Gasteiger partial charge in [0.25, 0.3) is 0 Å². The zero-order chi connectivity index (χ0) is 30.1. The van der Waals surface area contributed by atoms with Crippen LogP contribution in [0.15, 0.2) is 78.9 Å². The Hall–Kier alpha value is -3.12. The maximum Gasteiger partial charge on any atom is 0.306 e. The molecule has 1 aromatic heterocycles. The van der Waals surface area contributed by atoms with Crippen molar-refractivity contribution in [2.75, 3.05) is 0 Å². The topological polar surface area (TPSA) is 70.4 Å². The number of rotatable bonds is 11. The minimum Gasteiger partial charge on any atom is -0.481 e. The van der Waals surface area contributed by atoms with Gasteiger partial charge in [-0.15, -0.1) is 0 Å². The fourth-order valence-electron chi connectivity index (χ4n) is 6.20. The third kappa shape index (κ3) is 6.59. The summed E-state index contributed by atoms with van der Waals surface area (Å²) in [6.45, 7) is 5.45. The van der Waals surface area contributed by atoms with Gasteiger partial charge in [0.15, 0.2) is 0 Å². The van der Waals surface area contributed by atoms with Crippen molar-refractivity contribution in [1.29, 1.82) is 0 Å². The lowest BCUT2D eigenvalue weighted by Gasteiger charge is -2.34. The highest BCUT2D eigenvalue weighted by Gasteiger charge is 2.56. The molecule has 2 N–H and O–H groups in total. The highest BCUT2D eigenvalue weighted by Crippen LogP contribution is 2.60. The maximum absolute atomic E-state index is 12.1. The molecule has 0 amide bonds. The van der Waals surface area contributed by atoms with E-state index in [1.807, 2.05) is 75.4 Å². The number of fused-ring (bicyclic) bond motifs is 1. The normalized spacial score (nSPS) is 16.8. The zero-order valence-electron chi connectivity index (χ0n) is 24.3. The number of nitrogens with zero attached hydrogens (tertiary/aromatic N) is 1. The molecule has 1 aliphatic carbocycles. The molecule has 5 rings (SSSR count). The summed E-state index contributed by atoms with van der Waals surface area (Å²) in [6, 6.07) is 26.2. The first-order chi connectivity index (χ1) is 20.0. The van der Waals surface area contributed by atoms with Gasteiger partial charge in [0, 0.05) is 15.7 Å². The molecule has 1 saturated carbocycles. The summed E-state index contributed by atoms with van der Waals surface area (Å²) in [5.41, 5.74) is 4.61. The summed E-state index contributed by atoms with van der Waals surface area (Å²) in [5.74, 6) is -1.21. The van der Waals surface area contributed by atoms with E-state index in [0.717, 1.165) is 64.5 Å². The summed E-state index contributed by atoms with van der Waals surface area (Å²) >= 11 is 11.4. The van der Waals surface area contributed by atoms with Crippen molar-refractivity contribution in [1.82, 2.24) is 4.98 Å². The molecule has 0 aliphatic heterocycles. The number of aliphatic hydroxyl groups is 1. The Bertz CT molecular complexity index is 1620. The van der Waals surface area contributed by atoms with Crippen LogP contribution in [0, 0.1) is 11.3 Å². The molecule has 42 heavy (non-hydrogen) atoms. The van der Waals surface area contributed by atoms with Gasteiger partial charge in [-0.05, 0) is 97.4 Å². The second kappa shape index (κ2) is 12.2. The van der Waals surface area contributed by atoms with Gasteiger partial charge >= 0.3 is 5.97 Å². The number of carboxylic acid groups (broad SMARTS) is 1. The highest BCUT2D eigenvalue weighted by atomic mass is 35.5. The van der Waals surface area contributed by atoms with Crippen LogP contribution in [0.5, 0.6) is 0 Å². The first-order valence-electron chi connectivity index (χ1n) is 14.5. The van der Waals surface area contributed by atoms with Crippen LogP contribution in [0.25, 0.3) is 23.1 Å². The summed E-state index contributed by atoms with van der Waals surface area (Å²) in [4.78, 5) is 16.8. The van der Waals surface area contributed by atoms with E-state index in [1.165, 1.54) is 0 Å². The van der Waals surface area contributed by atoms with Crippen molar-refractivity contribution >= 4 is 53.3 Å². The maximum atomic E-state index is 12.1. The number of aryl methyl sites for hydroxylation is 1. The van der Waals surface area contributed by atoms with Crippen LogP contribution in [-0.4, -0.2) is 26.4 Å². The molecule has 0 radical (unpaired) electrons. The Kier molecular flexibility index (Phi) is 8.84. The number of hydrogen-bond donors (Lipinski definition) is 3. The second-order valence-electron chi connectivity index (χ2n) is 12.2. The Morgan fingerprint density at radius 2 is 1.79 bits per heavy atom. The molecule has 0 saturated heterocycles. The fraction of sp³-hybridized carbons (Fsp3) is 0.333. The van der Waals surface area contributed by atoms with Crippen molar-refractivity contribution in [3.8, 4) is 0 Å². The van der Waals surface area contributed by atoms with Crippen LogP contribution >= 0.6 is 24.2 Å². The summed E-state index contributed by atoms with van der Waals surface area (Å²) in [7, 11) is 0. The molecule has 1 fully saturated rings. The number of aromatic nitrogens is 1. The zero-order valence-corrected chi connectivity index (χ0v) is 25.9. The highest BCUT2D eigenvalue weighted by molar-refractivity contribution is 7.81. The van der Waals surface area contributed by atoms with Crippen molar-refractivity contribution in [2.24, 2.45) is 11.3 Å². The predicted molar refractivity (Wildman–Crippen MR) is 176 cm³/mol. The summed E-state index contributed by atoms with van der Waals surface area (Å²) in [6.07, 6.45) is 7.33. The van der Waals surface area contributed by atoms with E-state index in [1.54, 1.807) is 0 Å². The monoisotopic (exact) mass is 599 g/mol. The molecule has 0 spiro atoms. The smallest absolute Gasteiger partial charge is 0.306 e. The molecule has 4 nitrogen and oxygen atoms in total. The van der Waals surface area contributed by atoms with E-state index in [2.05, 4.69) is 36.4 Å². The average molecular weight is 600 g/mol. The van der Waals surface area contributed by atoms with Crippen molar-refractivity contribution in [3.63, 3.8) is 0 Å². The number of hydrogen-bond acceptors (Lipinski definition) is 4. The average Bonchev–Trinajstić information content (AvgIpc) is 3.77. The SMILES string of the molecule is CC(C(=O)O)C1(C(S)[C@H](CCc2ccccc2C(C)(C)O)c2cccc(/C=C/c3ccc4ccc(Cl)cc4n3)c2)CC1.